The molecule has 1 amide bonds. The molecule has 0 fully saturated rings. The number of halogens is 1. The van der Waals surface area contributed by atoms with Crippen LogP contribution < -0.4 is 9.47 Å². The Kier molecular flexibility index (Phi) is 5.82. The molecule has 3 aromatic carbocycles. The minimum Gasteiger partial charge on any atom is -0.493 e. The number of nitrogens with zero attached hydrogens (tertiary/aromatic N) is 1. The Morgan fingerprint density at radius 2 is 1.68 bits per heavy atom. The van der Waals surface area contributed by atoms with Gasteiger partial charge in [-0.1, -0.05) is 48.0 Å². The summed E-state index contributed by atoms with van der Waals surface area (Å²) in [6.45, 7) is 0.205. The summed E-state index contributed by atoms with van der Waals surface area (Å²) in [6, 6.07) is 19.1. The molecule has 1 aliphatic heterocycles. The van der Waals surface area contributed by atoms with Gasteiger partial charge in [-0.05, 0) is 35.9 Å². The average Bonchev–Trinajstić information content (AvgIpc) is 3.06. The van der Waals surface area contributed by atoms with Crippen molar-refractivity contribution in [3.8, 4) is 11.5 Å². The second kappa shape index (κ2) is 8.70. The first-order valence-electron chi connectivity index (χ1n) is 9.59. The van der Waals surface area contributed by atoms with E-state index >= 15 is 0 Å². The summed E-state index contributed by atoms with van der Waals surface area (Å²) in [7, 11) is 3.01. The lowest BCUT2D eigenvalue weighted by Gasteiger charge is -2.25. The van der Waals surface area contributed by atoms with Crippen LogP contribution in [0.3, 0.4) is 0 Å². The number of methoxy groups -OCH3 is 2. The third kappa shape index (κ3) is 3.94. The van der Waals surface area contributed by atoms with E-state index in [4.69, 9.17) is 25.8 Å². The highest BCUT2D eigenvalue weighted by Crippen LogP contribution is 2.37. The summed E-state index contributed by atoms with van der Waals surface area (Å²) < 4.78 is 16.3. The molecular formula is C24H20ClNO5. The number of ether oxygens (including phenoxy) is 3. The molecule has 0 unspecified atom stereocenters. The van der Waals surface area contributed by atoms with Crippen molar-refractivity contribution in [1.29, 1.82) is 0 Å². The number of esters is 1. The van der Waals surface area contributed by atoms with Crippen LogP contribution >= 0.6 is 11.6 Å². The molecule has 0 saturated carbocycles. The van der Waals surface area contributed by atoms with Crippen molar-refractivity contribution in [2.75, 3.05) is 14.2 Å². The number of rotatable bonds is 6. The molecule has 1 aliphatic rings. The molecule has 0 radical (unpaired) electrons. The Morgan fingerprint density at radius 3 is 2.42 bits per heavy atom. The number of hydrogen-bond acceptors (Lipinski definition) is 5. The molecule has 0 aromatic heterocycles. The first-order chi connectivity index (χ1) is 15.0. The van der Waals surface area contributed by atoms with E-state index in [0.29, 0.717) is 27.6 Å². The van der Waals surface area contributed by atoms with Crippen LogP contribution in [0.2, 0.25) is 5.02 Å². The maximum absolute atomic E-state index is 13.1. The van der Waals surface area contributed by atoms with Crippen LogP contribution in [0.1, 0.15) is 38.1 Å². The third-order valence-corrected chi connectivity index (χ3v) is 5.51. The lowest BCUT2D eigenvalue weighted by Crippen LogP contribution is -2.30. The highest BCUT2D eigenvalue weighted by molar-refractivity contribution is 6.31. The Hall–Kier alpha value is -3.51. The molecule has 31 heavy (non-hydrogen) atoms. The topological polar surface area (TPSA) is 65.1 Å². The second-order valence-corrected chi connectivity index (χ2v) is 7.35. The van der Waals surface area contributed by atoms with E-state index in [1.165, 1.54) is 19.1 Å². The fourth-order valence-corrected chi connectivity index (χ4v) is 3.76. The molecule has 0 bridgehead atoms. The van der Waals surface area contributed by atoms with Crippen molar-refractivity contribution in [1.82, 2.24) is 4.90 Å². The van der Waals surface area contributed by atoms with Gasteiger partial charge in [0.15, 0.2) is 11.5 Å². The number of hydrogen-bond donors (Lipinski definition) is 0. The fourth-order valence-electron chi connectivity index (χ4n) is 3.56. The van der Waals surface area contributed by atoms with Crippen LogP contribution in [0.4, 0.5) is 0 Å². The minimum absolute atomic E-state index is 0.205. The van der Waals surface area contributed by atoms with Crippen molar-refractivity contribution in [2.24, 2.45) is 0 Å². The molecule has 0 saturated heterocycles. The van der Waals surface area contributed by atoms with Gasteiger partial charge in [0.1, 0.15) is 0 Å². The Bertz CT molecular complexity index is 1150. The first kappa shape index (κ1) is 20.8. The van der Waals surface area contributed by atoms with Crippen LogP contribution in [0.25, 0.3) is 0 Å². The van der Waals surface area contributed by atoms with Gasteiger partial charge in [-0.2, -0.15) is 0 Å². The normalized spacial score (nSPS) is 14.9. The van der Waals surface area contributed by atoms with E-state index in [2.05, 4.69) is 0 Å². The predicted octanol–water partition coefficient (Wildman–Crippen LogP) is 4.87. The monoisotopic (exact) mass is 437 g/mol. The summed E-state index contributed by atoms with van der Waals surface area (Å²) >= 11 is 6.30. The maximum atomic E-state index is 13.1. The van der Waals surface area contributed by atoms with Crippen molar-refractivity contribution in [3.63, 3.8) is 0 Å². The van der Waals surface area contributed by atoms with Crippen LogP contribution in [0.15, 0.2) is 66.7 Å². The molecule has 7 heteroatoms. The zero-order valence-corrected chi connectivity index (χ0v) is 17.8. The van der Waals surface area contributed by atoms with E-state index in [-0.39, 0.29) is 18.0 Å². The molecule has 1 atom stereocenters. The molecule has 0 aliphatic carbocycles. The van der Waals surface area contributed by atoms with E-state index < -0.39 is 12.2 Å². The third-order valence-electron chi connectivity index (χ3n) is 5.14. The number of benzene rings is 3. The summed E-state index contributed by atoms with van der Waals surface area (Å²) in [6.07, 6.45) is -0.874. The molecule has 6 nitrogen and oxygen atoms in total. The van der Waals surface area contributed by atoms with Gasteiger partial charge in [0, 0.05) is 16.1 Å². The molecule has 3 aromatic rings. The van der Waals surface area contributed by atoms with Gasteiger partial charge in [0.25, 0.3) is 5.91 Å². The van der Waals surface area contributed by atoms with Gasteiger partial charge in [-0.25, -0.2) is 4.79 Å². The summed E-state index contributed by atoms with van der Waals surface area (Å²) in [5.41, 5.74) is 2.18. The van der Waals surface area contributed by atoms with E-state index in [0.717, 1.165) is 5.56 Å². The van der Waals surface area contributed by atoms with Gasteiger partial charge in [-0.3, -0.25) is 9.69 Å². The first-order valence-corrected chi connectivity index (χ1v) is 9.97. The highest BCUT2D eigenvalue weighted by atomic mass is 35.5. The molecule has 158 valence electrons. The molecule has 1 heterocycles. The van der Waals surface area contributed by atoms with Gasteiger partial charge in [0.05, 0.1) is 26.3 Å². The largest absolute Gasteiger partial charge is 0.493 e. The Labute approximate surface area is 184 Å². The summed E-state index contributed by atoms with van der Waals surface area (Å²) in [5.74, 6) is 0.105. The zero-order valence-electron chi connectivity index (χ0n) is 17.0. The minimum atomic E-state index is -0.874. The molecule has 0 N–H and O–H groups in total. The highest BCUT2D eigenvalue weighted by Gasteiger charge is 2.39. The van der Waals surface area contributed by atoms with Crippen LogP contribution in [0, 0.1) is 0 Å². The van der Waals surface area contributed by atoms with Gasteiger partial charge in [-0.15, -0.1) is 0 Å². The van der Waals surface area contributed by atoms with Crippen molar-refractivity contribution < 1.29 is 23.8 Å². The van der Waals surface area contributed by atoms with Crippen LogP contribution in [-0.4, -0.2) is 31.0 Å². The second-order valence-electron chi connectivity index (χ2n) is 6.94. The van der Waals surface area contributed by atoms with Crippen LogP contribution in [-0.2, 0) is 11.3 Å². The lowest BCUT2D eigenvalue weighted by atomic mass is 10.1. The fraction of sp³-hybridized carbons (Fsp3) is 0.167. The smallest absolute Gasteiger partial charge is 0.340 e. The van der Waals surface area contributed by atoms with Crippen molar-refractivity contribution >= 4 is 23.5 Å². The average molecular weight is 438 g/mol. The summed E-state index contributed by atoms with van der Waals surface area (Å²) in [5, 5.41) is 0.538. The lowest BCUT2D eigenvalue weighted by molar-refractivity contribution is -0.0211. The standard InChI is InChI=1S/C24H20ClNO5/c1-29-20-12-11-15(13-21(20)30-2)24(28)31-23-18-9-5-4-8-17(18)22(27)26(23)14-16-7-3-6-10-19(16)25/h3-13,23H,14H2,1-2H3/t23-/m0/s1. The zero-order chi connectivity index (χ0) is 22.0. The molecule has 4 rings (SSSR count). The Balaban J connectivity index is 1.66. The SMILES string of the molecule is COc1ccc(C(=O)O[C@H]2c3ccccc3C(=O)N2Cc2ccccc2Cl)cc1OC. The van der Waals surface area contributed by atoms with E-state index in [1.807, 2.05) is 24.3 Å². The van der Waals surface area contributed by atoms with E-state index in [1.54, 1.807) is 42.5 Å². The number of carbonyl (C=O) groups is 2. The van der Waals surface area contributed by atoms with Gasteiger partial charge >= 0.3 is 5.97 Å². The van der Waals surface area contributed by atoms with E-state index in [9.17, 15) is 9.59 Å². The van der Waals surface area contributed by atoms with Crippen molar-refractivity contribution in [3.05, 3.63) is 94.0 Å². The molecular weight excluding hydrogens is 418 g/mol. The summed E-state index contributed by atoms with van der Waals surface area (Å²) in [4.78, 5) is 27.6. The van der Waals surface area contributed by atoms with Crippen LogP contribution in [0.5, 0.6) is 11.5 Å². The van der Waals surface area contributed by atoms with Crippen molar-refractivity contribution in [2.45, 2.75) is 12.8 Å². The molecule has 0 spiro atoms. The van der Waals surface area contributed by atoms with Gasteiger partial charge in [0.2, 0.25) is 6.23 Å². The number of amides is 1. The van der Waals surface area contributed by atoms with Gasteiger partial charge < -0.3 is 14.2 Å². The maximum Gasteiger partial charge on any atom is 0.340 e. The quantitative estimate of drug-likeness (QED) is 0.515. The number of carbonyl (C=O) groups excluding carboxylic acids is 2. The predicted molar refractivity (Wildman–Crippen MR) is 115 cm³/mol. The number of fused-ring (bicyclic) bond motifs is 1. The Morgan fingerprint density at radius 1 is 0.968 bits per heavy atom.